The van der Waals surface area contributed by atoms with E-state index < -0.39 is 11.7 Å². The molecule has 1 saturated heterocycles. The summed E-state index contributed by atoms with van der Waals surface area (Å²) in [5.74, 6) is -0.461. The molecule has 0 saturated carbocycles. The highest BCUT2D eigenvalue weighted by Crippen LogP contribution is 2.37. The first kappa shape index (κ1) is 27.8. The first-order valence-corrected chi connectivity index (χ1v) is 13.0. The summed E-state index contributed by atoms with van der Waals surface area (Å²) in [4.78, 5) is 17.5. The lowest BCUT2D eigenvalue weighted by atomic mass is 9.87. The van der Waals surface area contributed by atoms with E-state index in [1.165, 1.54) is 24.3 Å². The van der Waals surface area contributed by atoms with Crippen molar-refractivity contribution in [2.24, 2.45) is 11.8 Å². The predicted octanol–water partition coefficient (Wildman–Crippen LogP) is 7.17. The highest BCUT2D eigenvalue weighted by molar-refractivity contribution is 5.94. The monoisotopic (exact) mass is 526 g/mol. The van der Waals surface area contributed by atoms with E-state index in [0.29, 0.717) is 43.9 Å². The molecule has 0 N–H and O–H groups in total. The number of halogens is 4. The van der Waals surface area contributed by atoms with Gasteiger partial charge in [0, 0.05) is 44.2 Å². The number of carbonyl (C=O) groups excluding carboxylic acids is 1. The van der Waals surface area contributed by atoms with E-state index in [1.807, 2.05) is 56.0 Å². The van der Waals surface area contributed by atoms with E-state index in [-0.39, 0.29) is 29.5 Å². The highest BCUT2D eigenvalue weighted by atomic mass is 19.4. The summed E-state index contributed by atoms with van der Waals surface area (Å²) < 4.78 is 54.4. The van der Waals surface area contributed by atoms with Crippen LogP contribution < -0.4 is 0 Å². The zero-order valence-corrected chi connectivity index (χ0v) is 22.0. The fourth-order valence-corrected chi connectivity index (χ4v) is 5.33. The van der Waals surface area contributed by atoms with Crippen LogP contribution in [-0.2, 0) is 12.7 Å². The summed E-state index contributed by atoms with van der Waals surface area (Å²) in [5.41, 5.74) is 2.40. The van der Waals surface area contributed by atoms with Crippen molar-refractivity contribution in [1.29, 1.82) is 0 Å². The van der Waals surface area contributed by atoms with Crippen LogP contribution in [-0.4, -0.2) is 41.9 Å². The van der Waals surface area contributed by atoms with Crippen LogP contribution in [0.5, 0.6) is 0 Å². The number of carbonyl (C=O) groups is 1. The van der Waals surface area contributed by atoms with Crippen molar-refractivity contribution in [3.8, 4) is 0 Å². The zero-order chi connectivity index (χ0) is 27.4. The molecule has 1 fully saturated rings. The first-order valence-electron chi connectivity index (χ1n) is 13.0. The minimum Gasteiger partial charge on any atom is -0.338 e. The lowest BCUT2D eigenvalue weighted by molar-refractivity contribution is -0.137. The lowest BCUT2D eigenvalue weighted by Crippen LogP contribution is -2.39. The van der Waals surface area contributed by atoms with E-state index in [1.54, 1.807) is 12.1 Å². The SMILES string of the molecule is Cc1ccc(C(=O)N(CC(C)C)CC2CN(Cc3cccc(F)c3)CC2c2cccc(C(F)(F)F)c2)cc1. The Bertz CT molecular complexity index is 1240. The molecule has 3 aromatic carbocycles. The summed E-state index contributed by atoms with van der Waals surface area (Å²) in [6.45, 7) is 8.62. The Kier molecular flexibility index (Phi) is 8.56. The quantitative estimate of drug-likeness (QED) is 0.291. The summed E-state index contributed by atoms with van der Waals surface area (Å²) in [5, 5.41) is 0. The molecule has 3 aromatic rings. The van der Waals surface area contributed by atoms with Gasteiger partial charge in [0.05, 0.1) is 5.56 Å². The zero-order valence-electron chi connectivity index (χ0n) is 22.0. The average Bonchev–Trinajstić information content (AvgIpc) is 3.25. The highest BCUT2D eigenvalue weighted by Gasteiger charge is 2.38. The number of aryl methyl sites for hydroxylation is 1. The number of rotatable bonds is 8. The van der Waals surface area contributed by atoms with Crippen LogP contribution in [0.2, 0.25) is 0 Å². The van der Waals surface area contributed by atoms with Crippen molar-refractivity contribution in [3.05, 3.63) is 106 Å². The first-order chi connectivity index (χ1) is 18.0. The van der Waals surface area contributed by atoms with Crippen molar-refractivity contribution >= 4 is 5.91 Å². The third-order valence-corrected chi connectivity index (χ3v) is 7.08. The van der Waals surface area contributed by atoms with Gasteiger partial charge in [-0.2, -0.15) is 13.2 Å². The van der Waals surface area contributed by atoms with Crippen LogP contribution in [0.1, 0.15) is 52.4 Å². The summed E-state index contributed by atoms with van der Waals surface area (Å²) >= 11 is 0. The Labute approximate surface area is 222 Å². The van der Waals surface area contributed by atoms with E-state index in [0.717, 1.165) is 17.2 Å². The summed E-state index contributed by atoms with van der Waals surface area (Å²) in [6, 6.07) is 19.4. The average molecular weight is 527 g/mol. The largest absolute Gasteiger partial charge is 0.416 e. The molecule has 2 unspecified atom stereocenters. The summed E-state index contributed by atoms with van der Waals surface area (Å²) in [6.07, 6.45) is -4.43. The van der Waals surface area contributed by atoms with Crippen molar-refractivity contribution < 1.29 is 22.4 Å². The number of alkyl halides is 3. The van der Waals surface area contributed by atoms with E-state index >= 15 is 0 Å². The minimum absolute atomic E-state index is 0.0786. The van der Waals surface area contributed by atoms with Crippen LogP contribution >= 0.6 is 0 Å². The molecule has 4 rings (SSSR count). The molecule has 2 atom stereocenters. The van der Waals surface area contributed by atoms with Crippen molar-refractivity contribution in [1.82, 2.24) is 9.80 Å². The maximum atomic E-state index is 13.8. The number of nitrogens with zero attached hydrogens (tertiary/aromatic N) is 2. The number of amides is 1. The summed E-state index contributed by atoms with van der Waals surface area (Å²) in [7, 11) is 0. The number of likely N-dealkylation sites (tertiary alicyclic amines) is 1. The molecule has 1 amide bonds. The maximum absolute atomic E-state index is 13.8. The molecule has 0 bridgehead atoms. The van der Waals surface area contributed by atoms with Gasteiger partial charge >= 0.3 is 6.18 Å². The minimum atomic E-state index is -4.43. The molecule has 1 aliphatic rings. The van der Waals surface area contributed by atoms with Crippen molar-refractivity contribution in [2.75, 3.05) is 26.2 Å². The van der Waals surface area contributed by atoms with E-state index in [2.05, 4.69) is 4.90 Å². The predicted molar refractivity (Wildman–Crippen MR) is 141 cm³/mol. The fraction of sp³-hybridized carbons (Fsp3) is 0.387. The van der Waals surface area contributed by atoms with Crippen LogP contribution in [0.4, 0.5) is 17.6 Å². The van der Waals surface area contributed by atoms with Gasteiger partial charge in [-0.05, 0) is 60.2 Å². The van der Waals surface area contributed by atoms with Gasteiger partial charge in [0.25, 0.3) is 5.91 Å². The fourth-order valence-electron chi connectivity index (χ4n) is 5.33. The molecule has 0 aromatic heterocycles. The third-order valence-electron chi connectivity index (χ3n) is 7.08. The molecule has 0 aliphatic carbocycles. The third kappa shape index (κ3) is 7.01. The molecular weight excluding hydrogens is 492 g/mol. The van der Waals surface area contributed by atoms with Crippen LogP contribution in [0.25, 0.3) is 0 Å². The molecule has 3 nitrogen and oxygen atoms in total. The molecule has 0 radical (unpaired) electrons. The Morgan fingerprint density at radius 3 is 2.37 bits per heavy atom. The smallest absolute Gasteiger partial charge is 0.338 e. The molecule has 38 heavy (non-hydrogen) atoms. The van der Waals surface area contributed by atoms with Crippen LogP contribution in [0.3, 0.4) is 0 Å². The van der Waals surface area contributed by atoms with Crippen LogP contribution in [0.15, 0.2) is 72.8 Å². The van der Waals surface area contributed by atoms with E-state index in [9.17, 15) is 22.4 Å². The lowest BCUT2D eigenvalue weighted by Gasteiger charge is -2.30. The van der Waals surface area contributed by atoms with Crippen molar-refractivity contribution in [2.45, 2.75) is 39.4 Å². The Balaban J connectivity index is 1.63. The van der Waals surface area contributed by atoms with Gasteiger partial charge in [-0.3, -0.25) is 9.69 Å². The topological polar surface area (TPSA) is 23.6 Å². The second-order valence-electron chi connectivity index (χ2n) is 10.8. The molecule has 1 aliphatic heterocycles. The molecule has 7 heteroatoms. The van der Waals surface area contributed by atoms with Gasteiger partial charge < -0.3 is 4.90 Å². The van der Waals surface area contributed by atoms with Crippen molar-refractivity contribution in [3.63, 3.8) is 0 Å². The van der Waals surface area contributed by atoms with E-state index in [4.69, 9.17) is 0 Å². The number of benzene rings is 3. The Hall–Kier alpha value is -3.19. The normalized spacial score (nSPS) is 18.2. The number of hydrogen-bond donors (Lipinski definition) is 0. The van der Waals surface area contributed by atoms with Gasteiger partial charge in [-0.25, -0.2) is 4.39 Å². The van der Waals surface area contributed by atoms with Gasteiger partial charge in [-0.15, -0.1) is 0 Å². The molecule has 0 spiro atoms. The Morgan fingerprint density at radius 1 is 1.00 bits per heavy atom. The van der Waals surface area contributed by atoms with Crippen LogP contribution in [0, 0.1) is 24.6 Å². The second kappa shape index (κ2) is 11.7. The number of hydrogen-bond acceptors (Lipinski definition) is 2. The van der Waals surface area contributed by atoms with Gasteiger partial charge in [-0.1, -0.05) is 61.9 Å². The standard InChI is InChI=1S/C31H34F4N2O/c1-21(2)16-37(30(38)24-12-10-22(3)11-13-24)19-26-18-36(17-23-6-4-9-28(32)14-23)20-29(26)25-7-5-8-27(15-25)31(33,34)35/h4-15,21,26,29H,16-20H2,1-3H3. The second-order valence-corrected chi connectivity index (χ2v) is 10.8. The van der Waals surface area contributed by atoms with Gasteiger partial charge in [0.1, 0.15) is 5.82 Å². The van der Waals surface area contributed by atoms with Gasteiger partial charge in [0.2, 0.25) is 0 Å². The molecular formula is C31H34F4N2O. The maximum Gasteiger partial charge on any atom is 0.416 e. The Morgan fingerprint density at radius 2 is 1.71 bits per heavy atom. The van der Waals surface area contributed by atoms with Gasteiger partial charge in [0.15, 0.2) is 0 Å². The molecule has 1 heterocycles. The molecule has 202 valence electrons.